The lowest BCUT2D eigenvalue weighted by Crippen LogP contribution is -2.35. The van der Waals surface area contributed by atoms with Crippen LogP contribution in [0.15, 0.2) is 42.5 Å². The molecule has 28 heavy (non-hydrogen) atoms. The van der Waals surface area contributed by atoms with Crippen LogP contribution >= 0.6 is 0 Å². The maximum Gasteiger partial charge on any atom is 0.253 e. The van der Waals surface area contributed by atoms with Crippen molar-refractivity contribution < 1.29 is 19.4 Å². The maximum absolute atomic E-state index is 13.0. The molecule has 0 unspecified atom stereocenters. The quantitative estimate of drug-likeness (QED) is 0.822. The van der Waals surface area contributed by atoms with Crippen LogP contribution in [0.3, 0.4) is 0 Å². The molecule has 150 valence electrons. The molecule has 1 heterocycles. The number of hydrogen-bond acceptors (Lipinski definition) is 4. The largest absolute Gasteiger partial charge is 0.493 e. The summed E-state index contributed by atoms with van der Waals surface area (Å²) in [5.41, 5.74) is 3.32. The molecule has 1 aliphatic rings. The van der Waals surface area contributed by atoms with Gasteiger partial charge < -0.3 is 19.5 Å². The molecule has 5 heteroatoms. The standard InChI is InChI=1S/C23H29NO4/c1-3-11-28-22-9-8-19(14-21(22)16-25)18-6-4-7-20(13-18)23(26)24-10-5-12-27-17(2)15-24/h4,6-9,13-14,17,25H,3,5,10-12,15-16H2,1-2H3/t17-/m1/s1. The van der Waals surface area contributed by atoms with E-state index >= 15 is 0 Å². The third-order valence-corrected chi connectivity index (χ3v) is 4.87. The van der Waals surface area contributed by atoms with Crippen molar-refractivity contribution in [2.75, 3.05) is 26.3 Å². The highest BCUT2D eigenvalue weighted by Gasteiger charge is 2.21. The van der Waals surface area contributed by atoms with E-state index in [1.54, 1.807) is 0 Å². The van der Waals surface area contributed by atoms with Gasteiger partial charge in [-0.05, 0) is 55.2 Å². The van der Waals surface area contributed by atoms with Crippen LogP contribution in [0.2, 0.25) is 0 Å². The average Bonchev–Trinajstić information content (AvgIpc) is 2.96. The first kappa shape index (κ1) is 20.4. The third kappa shape index (κ3) is 4.91. The van der Waals surface area contributed by atoms with E-state index in [-0.39, 0.29) is 18.6 Å². The number of hydrogen-bond donors (Lipinski definition) is 1. The van der Waals surface area contributed by atoms with Crippen LogP contribution in [0.1, 0.15) is 42.6 Å². The van der Waals surface area contributed by atoms with Gasteiger partial charge in [0, 0.05) is 30.8 Å². The molecular weight excluding hydrogens is 354 g/mol. The fourth-order valence-corrected chi connectivity index (χ4v) is 3.43. The Kier molecular flexibility index (Phi) is 7.06. The first-order chi connectivity index (χ1) is 13.6. The predicted octanol–water partition coefficient (Wildman–Crippen LogP) is 3.89. The van der Waals surface area contributed by atoms with Crippen LogP contribution in [-0.2, 0) is 11.3 Å². The highest BCUT2D eigenvalue weighted by Crippen LogP contribution is 2.28. The zero-order valence-corrected chi connectivity index (χ0v) is 16.7. The molecule has 1 N–H and O–H groups in total. The Labute approximate surface area is 166 Å². The number of amides is 1. The number of aliphatic hydroxyl groups excluding tert-OH is 1. The molecule has 0 saturated carbocycles. The highest BCUT2D eigenvalue weighted by atomic mass is 16.5. The molecule has 0 radical (unpaired) electrons. The first-order valence-electron chi connectivity index (χ1n) is 10.00. The Hall–Kier alpha value is -2.37. The molecule has 5 nitrogen and oxygen atoms in total. The van der Waals surface area contributed by atoms with E-state index in [1.807, 2.05) is 61.2 Å². The van der Waals surface area contributed by atoms with Gasteiger partial charge in [-0.1, -0.05) is 25.1 Å². The van der Waals surface area contributed by atoms with Gasteiger partial charge in [-0.15, -0.1) is 0 Å². The number of benzene rings is 2. The van der Waals surface area contributed by atoms with E-state index in [1.165, 1.54) is 0 Å². The summed E-state index contributed by atoms with van der Waals surface area (Å²) in [6.45, 7) is 6.60. The predicted molar refractivity (Wildman–Crippen MR) is 110 cm³/mol. The molecule has 2 aromatic carbocycles. The van der Waals surface area contributed by atoms with E-state index in [0.29, 0.717) is 37.6 Å². The van der Waals surface area contributed by atoms with Gasteiger partial charge in [0.05, 0.1) is 19.3 Å². The summed E-state index contributed by atoms with van der Waals surface area (Å²) in [4.78, 5) is 14.9. The van der Waals surface area contributed by atoms with Crippen molar-refractivity contribution in [1.82, 2.24) is 4.90 Å². The Balaban J connectivity index is 1.83. The number of carbonyl (C=O) groups excluding carboxylic acids is 1. The average molecular weight is 383 g/mol. The zero-order valence-electron chi connectivity index (χ0n) is 16.7. The molecular formula is C23H29NO4. The molecule has 1 saturated heterocycles. The summed E-state index contributed by atoms with van der Waals surface area (Å²) in [6.07, 6.45) is 1.82. The number of ether oxygens (including phenoxy) is 2. The van der Waals surface area contributed by atoms with Gasteiger partial charge in [-0.2, -0.15) is 0 Å². The molecule has 1 amide bonds. The molecule has 0 aliphatic carbocycles. The van der Waals surface area contributed by atoms with Crippen molar-refractivity contribution in [1.29, 1.82) is 0 Å². The van der Waals surface area contributed by atoms with Crippen molar-refractivity contribution >= 4 is 5.91 Å². The van der Waals surface area contributed by atoms with Gasteiger partial charge >= 0.3 is 0 Å². The van der Waals surface area contributed by atoms with Crippen molar-refractivity contribution in [3.63, 3.8) is 0 Å². The Bertz CT molecular complexity index is 805. The molecule has 1 atom stereocenters. The number of rotatable bonds is 6. The van der Waals surface area contributed by atoms with Gasteiger partial charge in [0.1, 0.15) is 5.75 Å². The molecule has 2 aromatic rings. The Morgan fingerprint density at radius 2 is 2.07 bits per heavy atom. The number of carbonyl (C=O) groups is 1. The van der Waals surface area contributed by atoms with E-state index < -0.39 is 0 Å². The molecule has 1 fully saturated rings. The lowest BCUT2D eigenvalue weighted by Gasteiger charge is -2.22. The van der Waals surface area contributed by atoms with E-state index in [9.17, 15) is 9.90 Å². The van der Waals surface area contributed by atoms with Crippen LogP contribution in [0.5, 0.6) is 5.75 Å². The lowest BCUT2D eigenvalue weighted by atomic mass is 10.00. The van der Waals surface area contributed by atoms with Crippen LogP contribution in [0.25, 0.3) is 11.1 Å². The zero-order chi connectivity index (χ0) is 19.9. The fraction of sp³-hybridized carbons (Fsp3) is 0.435. The van der Waals surface area contributed by atoms with E-state index in [2.05, 4.69) is 0 Å². The van der Waals surface area contributed by atoms with Gasteiger partial charge in [-0.25, -0.2) is 0 Å². The van der Waals surface area contributed by atoms with Crippen LogP contribution in [0.4, 0.5) is 0 Å². The maximum atomic E-state index is 13.0. The molecule has 0 bridgehead atoms. The minimum Gasteiger partial charge on any atom is -0.493 e. The first-order valence-corrected chi connectivity index (χ1v) is 10.00. The summed E-state index contributed by atoms with van der Waals surface area (Å²) in [5.74, 6) is 0.739. The van der Waals surface area contributed by atoms with Crippen LogP contribution in [0, 0.1) is 0 Å². The van der Waals surface area contributed by atoms with Gasteiger partial charge in [-0.3, -0.25) is 4.79 Å². The number of nitrogens with zero attached hydrogens (tertiary/aromatic N) is 1. The Morgan fingerprint density at radius 1 is 1.25 bits per heavy atom. The highest BCUT2D eigenvalue weighted by molar-refractivity contribution is 5.95. The topological polar surface area (TPSA) is 59.0 Å². The second-order valence-electron chi connectivity index (χ2n) is 7.20. The molecule has 3 rings (SSSR count). The normalized spacial score (nSPS) is 17.2. The molecule has 0 spiro atoms. The molecule has 0 aromatic heterocycles. The smallest absolute Gasteiger partial charge is 0.253 e. The summed E-state index contributed by atoms with van der Waals surface area (Å²) < 4.78 is 11.3. The second-order valence-corrected chi connectivity index (χ2v) is 7.20. The van der Waals surface area contributed by atoms with Crippen molar-refractivity contribution in [3.8, 4) is 16.9 Å². The van der Waals surface area contributed by atoms with Crippen molar-refractivity contribution in [2.24, 2.45) is 0 Å². The van der Waals surface area contributed by atoms with E-state index in [4.69, 9.17) is 9.47 Å². The minimum absolute atomic E-state index is 0.0319. The lowest BCUT2D eigenvalue weighted by molar-refractivity contribution is 0.0563. The van der Waals surface area contributed by atoms with Crippen molar-refractivity contribution in [3.05, 3.63) is 53.6 Å². The summed E-state index contributed by atoms with van der Waals surface area (Å²) >= 11 is 0. The summed E-state index contributed by atoms with van der Waals surface area (Å²) in [6, 6.07) is 13.4. The van der Waals surface area contributed by atoms with Crippen molar-refractivity contribution in [2.45, 2.75) is 39.4 Å². The fourth-order valence-electron chi connectivity index (χ4n) is 3.43. The molecule has 1 aliphatic heterocycles. The van der Waals surface area contributed by atoms with E-state index in [0.717, 1.165) is 29.5 Å². The monoisotopic (exact) mass is 383 g/mol. The van der Waals surface area contributed by atoms with Crippen LogP contribution in [-0.4, -0.2) is 48.3 Å². The SMILES string of the molecule is CCCOc1ccc(-c2cccc(C(=O)N3CCCO[C@H](C)C3)c2)cc1CO. The van der Waals surface area contributed by atoms with Gasteiger partial charge in [0.15, 0.2) is 0 Å². The third-order valence-electron chi connectivity index (χ3n) is 4.87. The number of aliphatic hydroxyl groups is 1. The summed E-state index contributed by atoms with van der Waals surface area (Å²) in [7, 11) is 0. The Morgan fingerprint density at radius 3 is 2.86 bits per heavy atom. The summed E-state index contributed by atoms with van der Waals surface area (Å²) in [5, 5.41) is 9.70. The van der Waals surface area contributed by atoms with Gasteiger partial charge in [0.25, 0.3) is 5.91 Å². The van der Waals surface area contributed by atoms with Gasteiger partial charge in [0.2, 0.25) is 0 Å². The second kappa shape index (κ2) is 9.71. The minimum atomic E-state index is -0.0861. The van der Waals surface area contributed by atoms with Crippen LogP contribution < -0.4 is 4.74 Å².